The molecule has 0 aliphatic rings. The van der Waals surface area contributed by atoms with E-state index >= 15 is 0 Å². The van der Waals surface area contributed by atoms with E-state index in [2.05, 4.69) is 0 Å². The normalized spacial score (nSPS) is 11.4. The van der Waals surface area contributed by atoms with Gasteiger partial charge < -0.3 is 4.74 Å². The molecule has 0 saturated heterocycles. The SMILES string of the molecule is Cc1ccc(O/C(Cl)=C\Cl)cc1. The fraction of sp³-hybridized carbons (Fsp3) is 0.111. The summed E-state index contributed by atoms with van der Waals surface area (Å²) in [6.07, 6.45) is 0. The van der Waals surface area contributed by atoms with Crippen molar-refractivity contribution in [2.75, 3.05) is 0 Å². The minimum atomic E-state index is 0.167. The molecule has 1 rings (SSSR count). The molecule has 0 aliphatic carbocycles. The van der Waals surface area contributed by atoms with Crippen molar-refractivity contribution in [1.29, 1.82) is 0 Å². The molecule has 0 atom stereocenters. The number of halogens is 2. The largest absolute Gasteiger partial charge is 0.444 e. The van der Waals surface area contributed by atoms with Crippen LogP contribution in [0.5, 0.6) is 5.75 Å². The number of rotatable bonds is 2. The first-order valence-electron chi connectivity index (χ1n) is 3.43. The zero-order valence-electron chi connectivity index (χ0n) is 6.55. The highest BCUT2D eigenvalue weighted by Crippen LogP contribution is 2.16. The smallest absolute Gasteiger partial charge is 0.205 e. The molecule has 12 heavy (non-hydrogen) atoms. The van der Waals surface area contributed by atoms with Gasteiger partial charge in [0.15, 0.2) is 0 Å². The van der Waals surface area contributed by atoms with Gasteiger partial charge in [0, 0.05) is 0 Å². The minimum absolute atomic E-state index is 0.167. The highest BCUT2D eigenvalue weighted by Gasteiger charge is 1.94. The van der Waals surface area contributed by atoms with Crippen LogP contribution in [0.15, 0.2) is 35.0 Å². The molecule has 1 aromatic carbocycles. The van der Waals surface area contributed by atoms with E-state index in [9.17, 15) is 0 Å². The summed E-state index contributed by atoms with van der Waals surface area (Å²) in [4.78, 5) is 0. The molecule has 0 N–H and O–H groups in total. The van der Waals surface area contributed by atoms with Gasteiger partial charge in [-0.2, -0.15) is 0 Å². The second kappa shape index (κ2) is 4.39. The highest BCUT2D eigenvalue weighted by atomic mass is 35.5. The minimum Gasteiger partial charge on any atom is -0.444 e. The van der Waals surface area contributed by atoms with Crippen LogP contribution in [-0.4, -0.2) is 0 Å². The fourth-order valence-corrected chi connectivity index (χ4v) is 0.875. The number of hydrogen-bond donors (Lipinski definition) is 0. The molecule has 0 bridgehead atoms. The van der Waals surface area contributed by atoms with Gasteiger partial charge >= 0.3 is 0 Å². The molecule has 0 spiro atoms. The van der Waals surface area contributed by atoms with Crippen molar-refractivity contribution in [2.45, 2.75) is 6.92 Å². The van der Waals surface area contributed by atoms with Gasteiger partial charge in [-0.3, -0.25) is 0 Å². The maximum absolute atomic E-state index is 5.55. The summed E-state index contributed by atoms with van der Waals surface area (Å²) in [6, 6.07) is 7.54. The van der Waals surface area contributed by atoms with Crippen molar-refractivity contribution in [3.63, 3.8) is 0 Å². The average Bonchev–Trinajstić information content (AvgIpc) is 2.09. The Morgan fingerprint density at radius 2 is 1.92 bits per heavy atom. The maximum Gasteiger partial charge on any atom is 0.205 e. The molecule has 0 heterocycles. The molecule has 0 aromatic heterocycles. The Balaban J connectivity index is 2.71. The van der Waals surface area contributed by atoms with Crippen LogP contribution in [0.1, 0.15) is 5.56 Å². The van der Waals surface area contributed by atoms with Gasteiger partial charge in [0.2, 0.25) is 5.22 Å². The summed E-state index contributed by atoms with van der Waals surface area (Å²) >= 11 is 10.9. The number of hydrogen-bond acceptors (Lipinski definition) is 1. The van der Waals surface area contributed by atoms with Gasteiger partial charge in [-0.25, -0.2) is 0 Å². The molecule has 0 unspecified atom stereocenters. The predicted molar refractivity (Wildman–Crippen MR) is 51.6 cm³/mol. The Morgan fingerprint density at radius 1 is 1.33 bits per heavy atom. The Hall–Kier alpha value is -0.660. The van der Waals surface area contributed by atoms with Crippen LogP contribution in [0.25, 0.3) is 0 Å². The number of aryl methyl sites for hydroxylation is 1. The summed E-state index contributed by atoms with van der Waals surface area (Å²) in [6.45, 7) is 2.00. The quantitative estimate of drug-likeness (QED) is 0.666. The molecule has 0 radical (unpaired) electrons. The second-order valence-corrected chi connectivity index (χ2v) is 2.92. The van der Waals surface area contributed by atoms with Crippen molar-refractivity contribution in [1.82, 2.24) is 0 Å². The second-order valence-electron chi connectivity index (χ2n) is 2.33. The standard InChI is InChI=1S/C9H8Cl2O/c1-7-2-4-8(5-3-7)12-9(11)6-10/h2-6H,1H3/b9-6-. The molecule has 0 aliphatic heterocycles. The van der Waals surface area contributed by atoms with Crippen LogP contribution in [-0.2, 0) is 0 Å². The lowest BCUT2D eigenvalue weighted by atomic mass is 10.2. The Labute approximate surface area is 81.6 Å². The van der Waals surface area contributed by atoms with Gasteiger partial charge in [-0.15, -0.1) is 0 Å². The summed E-state index contributed by atoms with van der Waals surface area (Å²) in [7, 11) is 0. The highest BCUT2D eigenvalue weighted by molar-refractivity contribution is 6.35. The first kappa shape index (κ1) is 9.43. The van der Waals surface area contributed by atoms with E-state index in [4.69, 9.17) is 27.9 Å². The van der Waals surface area contributed by atoms with Crippen molar-refractivity contribution in [3.8, 4) is 5.75 Å². The Kier molecular flexibility index (Phi) is 3.45. The number of benzene rings is 1. The van der Waals surface area contributed by atoms with Gasteiger partial charge in [0.05, 0.1) is 5.54 Å². The van der Waals surface area contributed by atoms with Crippen LogP contribution in [0.2, 0.25) is 0 Å². The van der Waals surface area contributed by atoms with Crippen LogP contribution in [0.3, 0.4) is 0 Å². The van der Waals surface area contributed by atoms with E-state index in [1.807, 2.05) is 31.2 Å². The van der Waals surface area contributed by atoms with Crippen molar-refractivity contribution in [3.05, 3.63) is 40.6 Å². The van der Waals surface area contributed by atoms with Gasteiger partial charge in [-0.1, -0.05) is 29.3 Å². The summed E-state index contributed by atoms with van der Waals surface area (Å²) < 4.78 is 5.11. The lowest BCUT2D eigenvalue weighted by molar-refractivity contribution is 0.463. The van der Waals surface area contributed by atoms with E-state index in [1.54, 1.807) is 0 Å². The summed E-state index contributed by atoms with van der Waals surface area (Å²) in [5, 5.41) is 0.167. The maximum atomic E-state index is 5.55. The lowest BCUT2D eigenvalue weighted by Crippen LogP contribution is -1.86. The van der Waals surface area contributed by atoms with E-state index in [0.29, 0.717) is 5.75 Å². The lowest BCUT2D eigenvalue weighted by Gasteiger charge is -2.02. The fourth-order valence-electron chi connectivity index (χ4n) is 0.741. The molecular formula is C9H8Cl2O. The van der Waals surface area contributed by atoms with Gasteiger partial charge in [-0.05, 0) is 30.7 Å². The van der Waals surface area contributed by atoms with Crippen LogP contribution >= 0.6 is 23.2 Å². The Morgan fingerprint density at radius 3 is 2.42 bits per heavy atom. The first-order valence-corrected chi connectivity index (χ1v) is 4.24. The molecule has 1 nitrogen and oxygen atoms in total. The number of ether oxygens (including phenoxy) is 1. The van der Waals surface area contributed by atoms with Gasteiger partial charge in [0.25, 0.3) is 0 Å². The van der Waals surface area contributed by atoms with Crippen molar-refractivity contribution >= 4 is 23.2 Å². The zero-order valence-corrected chi connectivity index (χ0v) is 8.06. The monoisotopic (exact) mass is 202 g/mol. The average molecular weight is 203 g/mol. The van der Waals surface area contributed by atoms with Crippen LogP contribution in [0.4, 0.5) is 0 Å². The van der Waals surface area contributed by atoms with E-state index in [1.165, 1.54) is 11.1 Å². The van der Waals surface area contributed by atoms with E-state index in [-0.39, 0.29) is 5.22 Å². The predicted octanol–water partition coefficient (Wildman–Crippen LogP) is 3.65. The van der Waals surface area contributed by atoms with Crippen molar-refractivity contribution < 1.29 is 4.74 Å². The Bertz CT molecular complexity index is 277. The molecule has 0 saturated carbocycles. The van der Waals surface area contributed by atoms with Gasteiger partial charge in [0.1, 0.15) is 5.75 Å². The molecule has 64 valence electrons. The first-order chi connectivity index (χ1) is 5.72. The molecular weight excluding hydrogens is 195 g/mol. The van der Waals surface area contributed by atoms with Crippen molar-refractivity contribution in [2.24, 2.45) is 0 Å². The molecule has 3 heteroatoms. The van der Waals surface area contributed by atoms with E-state index in [0.717, 1.165) is 0 Å². The zero-order chi connectivity index (χ0) is 8.97. The molecule has 1 aromatic rings. The topological polar surface area (TPSA) is 9.23 Å². The summed E-state index contributed by atoms with van der Waals surface area (Å²) in [5.74, 6) is 0.683. The summed E-state index contributed by atoms with van der Waals surface area (Å²) in [5.41, 5.74) is 2.36. The third kappa shape index (κ3) is 2.76. The van der Waals surface area contributed by atoms with E-state index < -0.39 is 0 Å². The van der Waals surface area contributed by atoms with Crippen LogP contribution < -0.4 is 4.74 Å². The third-order valence-corrected chi connectivity index (χ3v) is 1.82. The van der Waals surface area contributed by atoms with Crippen LogP contribution in [0, 0.1) is 6.92 Å². The molecule has 0 fully saturated rings. The third-order valence-electron chi connectivity index (χ3n) is 1.32. The molecule has 0 amide bonds.